The molecule has 27 heavy (non-hydrogen) atoms. The van der Waals surface area contributed by atoms with Crippen LogP contribution in [0.1, 0.15) is 26.5 Å². The van der Waals surface area contributed by atoms with Crippen LogP contribution < -0.4 is 10.3 Å². The van der Waals surface area contributed by atoms with Gasteiger partial charge in [0.1, 0.15) is 11.0 Å². The number of nitrogens with zero attached hydrogens (tertiary/aromatic N) is 2. The van der Waals surface area contributed by atoms with Crippen molar-refractivity contribution < 1.29 is 14.3 Å². The molecule has 1 aromatic heterocycles. The topological polar surface area (TPSA) is 70.4 Å². The number of rotatable bonds is 6. The molecular formula is C19H22N2O4S2. The highest BCUT2D eigenvalue weighted by molar-refractivity contribution is 8.00. The van der Waals surface area contributed by atoms with Crippen LogP contribution in [0.5, 0.6) is 5.75 Å². The lowest BCUT2D eigenvalue weighted by atomic mass is 10.2. The number of hydrogen-bond donors (Lipinski definition) is 0. The van der Waals surface area contributed by atoms with Gasteiger partial charge in [-0.15, -0.1) is 11.8 Å². The first-order valence-electron chi connectivity index (χ1n) is 8.74. The zero-order chi connectivity index (χ0) is 19.6. The first kappa shape index (κ1) is 19.8. The van der Waals surface area contributed by atoms with Gasteiger partial charge in [-0.3, -0.25) is 14.2 Å². The summed E-state index contributed by atoms with van der Waals surface area (Å²) in [6.45, 7) is 5.94. The van der Waals surface area contributed by atoms with Gasteiger partial charge in [0.15, 0.2) is 5.16 Å². The van der Waals surface area contributed by atoms with Crippen molar-refractivity contribution in [2.45, 2.75) is 47.7 Å². The zero-order valence-electron chi connectivity index (χ0n) is 15.7. The number of esters is 1. The van der Waals surface area contributed by atoms with E-state index in [1.165, 1.54) is 11.8 Å². The summed E-state index contributed by atoms with van der Waals surface area (Å²) in [6, 6.07) is 7.23. The molecule has 0 radical (unpaired) electrons. The summed E-state index contributed by atoms with van der Waals surface area (Å²) in [4.78, 5) is 30.7. The van der Waals surface area contributed by atoms with Crippen molar-refractivity contribution in [2.24, 2.45) is 0 Å². The van der Waals surface area contributed by atoms with Crippen molar-refractivity contribution in [3.05, 3.63) is 40.3 Å². The number of carbonyl (C=O) groups excluding carboxylic acids is 1. The molecule has 1 aliphatic rings. The number of hydrogen-bond acceptors (Lipinski definition) is 7. The number of ether oxygens (including phenoxy) is 2. The van der Waals surface area contributed by atoms with Crippen molar-refractivity contribution in [2.75, 3.05) is 13.7 Å². The molecule has 2 aromatic rings. The van der Waals surface area contributed by atoms with Crippen molar-refractivity contribution >= 4 is 29.5 Å². The van der Waals surface area contributed by atoms with Gasteiger partial charge in [-0.05, 0) is 38.1 Å². The highest BCUT2D eigenvalue weighted by atomic mass is 32.2. The molecule has 2 atom stereocenters. The Labute approximate surface area is 166 Å². The van der Waals surface area contributed by atoms with E-state index in [1.54, 1.807) is 49.4 Å². The van der Waals surface area contributed by atoms with Gasteiger partial charge in [-0.2, -0.15) is 0 Å². The fourth-order valence-electron chi connectivity index (χ4n) is 2.80. The summed E-state index contributed by atoms with van der Waals surface area (Å²) in [6.07, 6.45) is 0.750. The second-order valence-corrected chi connectivity index (χ2v) is 8.91. The predicted octanol–water partition coefficient (Wildman–Crippen LogP) is 3.32. The molecule has 1 aliphatic heterocycles. The quantitative estimate of drug-likeness (QED) is 0.414. The molecule has 0 aliphatic carbocycles. The monoisotopic (exact) mass is 406 g/mol. The largest absolute Gasteiger partial charge is 0.497 e. The summed E-state index contributed by atoms with van der Waals surface area (Å²) in [5, 5.41) is 0.345. The van der Waals surface area contributed by atoms with Crippen LogP contribution in [0.4, 0.5) is 0 Å². The smallest absolute Gasteiger partial charge is 0.319 e. The number of benzene rings is 1. The van der Waals surface area contributed by atoms with Crippen LogP contribution in [-0.4, -0.2) is 39.7 Å². The second-order valence-electron chi connectivity index (χ2n) is 6.15. The van der Waals surface area contributed by atoms with Gasteiger partial charge in [0.2, 0.25) is 0 Å². The first-order valence-corrected chi connectivity index (χ1v) is 10.5. The highest BCUT2D eigenvalue weighted by Crippen LogP contribution is 2.35. The summed E-state index contributed by atoms with van der Waals surface area (Å²) >= 11 is 2.80. The Morgan fingerprint density at radius 3 is 2.74 bits per heavy atom. The molecule has 3 rings (SSSR count). The van der Waals surface area contributed by atoms with E-state index >= 15 is 0 Å². The van der Waals surface area contributed by atoms with Crippen LogP contribution in [0, 0.1) is 0 Å². The molecule has 0 saturated carbocycles. The lowest BCUT2D eigenvalue weighted by Crippen LogP contribution is -2.25. The second kappa shape index (κ2) is 8.39. The van der Waals surface area contributed by atoms with E-state index < -0.39 is 5.25 Å². The fourth-order valence-corrected chi connectivity index (χ4v) is 4.84. The standard InChI is InChI=1S/C19H22N2O4S2/c1-5-25-18(23)12(3)27-19-20-15-10-11(2)26-16(15)17(22)21(19)13-6-8-14(24-4)9-7-13/h6-9,11-12H,5,10H2,1-4H3/t11-,12+/m1/s1. The molecule has 0 N–H and O–H groups in total. The Kier molecular flexibility index (Phi) is 6.16. The molecule has 2 heterocycles. The van der Waals surface area contributed by atoms with Gasteiger partial charge >= 0.3 is 5.97 Å². The minimum atomic E-state index is -0.467. The summed E-state index contributed by atoms with van der Waals surface area (Å²) in [5.41, 5.74) is 1.40. The molecular weight excluding hydrogens is 384 g/mol. The maximum Gasteiger partial charge on any atom is 0.319 e. The lowest BCUT2D eigenvalue weighted by molar-refractivity contribution is -0.142. The van der Waals surface area contributed by atoms with Crippen LogP contribution in [-0.2, 0) is 16.0 Å². The maximum atomic E-state index is 13.2. The molecule has 1 aromatic carbocycles. The first-order chi connectivity index (χ1) is 12.9. The predicted molar refractivity (Wildman–Crippen MR) is 107 cm³/mol. The summed E-state index contributed by atoms with van der Waals surface area (Å²) in [7, 11) is 1.60. The fraction of sp³-hybridized carbons (Fsp3) is 0.421. The third kappa shape index (κ3) is 4.16. The molecule has 144 valence electrons. The Bertz CT molecular complexity index is 896. The average Bonchev–Trinajstić information content (AvgIpc) is 3.03. The Morgan fingerprint density at radius 2 is 2.11 bits per heavy atom. The average molecular weight is 407 g/mol. The minimum Gasteiger partial charge on any atom is -0.497 e. The van der Waals surface area contributed by atoms with E-state index in [-0.39, 0.29) is 11.5 Å². The van der Waals surface area contributed by atoms with E-state index in [0.29, 0.717) is 33.3 Å². The van der Waals surface area contributed by atoms with Crippen molar-refractivity contribution in [1.29, 1.82) is 0 Å². The molecule has 0 saturated heterocycles. The molecule has 8 heteroatoms. The van der Waals surface area contributed by atoms with Gasteiger partial charge < -0.3 is 9.47 Å². The molecule has 0 amide bonds. The van der Waals surface area contributed by atoms with Crippen LogP contribution in [0.2, 0.25) is 0 Å². The number of fused-ring (bicyclic) bond motifs is 1. The molecule has 0 fully saturated rings. The number of aromatic nitrogens is 2. The molecule has 0 bridgehead atoms. The normalized spacial score (nSPS) is 16.7. The van der Waals surface area contributed by atoms with Crippen molar-refractivity contribution in [3.63, 3.8) is 0 Å². The SMILES string of the molecule is CCOC(=O)[C@H](C)Sc1nc2c(c(=O)n1-c1ccc(OC)cc1)S[C@H](C)C2. The van der Waals surface area contributed by atoms with Gasteiger partial charge in [0.05, 0.1) is 30.0 Å². The molecule has 6 nitrogen and oxygen atoms in total. The third-order valence-corrected chi connectivity index (χ3v) is 6.36. The zero-order valence-corrected chi connectivity index (χ0v) is 17.4. The number of carbonyl (C=O) groups is 1. The van der Waals surface area contributed by atoms with E-state index in [0.717, 1.165) is 12.1 Å². The van der Waals surface area contributed by atoms with Gasteiger partial charge in [-0.25, -0.2) is 4.98 Å². The number of methoxy groups -OCH3 is 1. The van der Waals surface area contributed by atoms with E-state index in [1.807, 2.05) is 12.1 Å². The maximum absolute atomic E-state index is 13.2. The van der Waals surface area contributed by atoms with Crippen LogP contribution in [0.3, 0.4) is 0 Å². The highest BCUT2D eigenvalue weighted by Gasteiger charge is 2.28. The third-order valence-electron chi connectivity index (χ3n) is 4.11. The lowest BCUT2D eigenvalue weighted by Gasteiger charge is -2.16. The number of thioether (sulfide) groups is 2. The van der Waals surface area contributed by atoms with Crippen molar-refractivity contribution in [1.82, 2.24) is 9.55 Å². The van der Waals surface area contributed by atoms with E-state index in [2.05, 4.69) is 6.92 Å². The summed E-state index contributed by atoms with van der Waals surface area (Å²) in [5.74, 6) is 0.388. The van der Waals surface area contributed by atoms with E-state index in [4.69, 9.17) is 14.5 Å². The van der Waals surface area contributed by atoms with Crippen LogP contribution in [0.15, 0.2) is 39.1 Å². The minimum absolute atomic E-state index is 0.0990. The van der Waals surface area contributed by atoms with Gasteiger partial charge in [0.25, 0.3) is 5.56 Å². The van der Waals surface area contributed by atoms with Crippen LogP contribution in [0.25, 0.3) is 5.69 Å². The van der Waals surface area contributed by atoms with Crippen molar-refractivity contribution in [3.8, 4) is 11.4 Å². The van der Waals surface area contributed by atoms with Crippen LogP contribution >= 0.6 is 23.5 Å². The molecule has 0 unspecified atom stereocenters. The van der Waals surface area contributed by atoms with E-state index in [9.17, 15) is 9.59 Å². The Morgan fingerprint density at radius 1 is 1.41 bits per heavy atom. The molecule has 0 spiro atoms. The van der Waals surface area contributed by atoms with Gasteiger partial charge in [0, 0.05) is 11.7 Å². The van der Waals surface area contributed by atoms with Gasteiger partial charge in [-0.1, -0.05) is 18.7 Å². The Hall–Kier alpha value is -1.93. The Balaban J connectivity index is 2.07. The summed E-state index contributed by atoms with van der Waals surface area (Å²) < 4.78 is 11.9.